The number of pyridine rings is 1. The standard InChI is InChI=1S/C21H21ClN2O/c22-15-10-8-14(9-11-15)20-13-17(16-5-1-2-6-18(16)24-20)21(25)19-7-3-4-12-23-19/h1-2,5-6,8-11,13,19,21,23,25H,3-4,7,12H2/t19?,21-/m1/s1. The molecule has 4 rings (SSSR count). The fourth-order valence-corrected chi connectivity index (χ4v) is 3.71. The average molecular weight is 353 g/mol. The van der Waals surface area contributed by atoms with E-state index < -0.39 is 6.10 Å². The van der Waals surface area contributed by atoms with Crippen LogP contribution in [0.3, 0.4) is 0 Å². The van der Waals surface area contributed by atoms with Crippen molar-refractivity contribution in [2.45, 2.75) is 31.4 Å². The summed E-state index contributed by atoms with van der Waals surface area (Å²) in [5.41, 5.74) is 3.70. The molecule has 1 aliphatic rings. The second-order valence-corrected chi connectivity index (χ2v) is 7.06. The Labute approximate surface area is 152 Å². The normalized spacial score (nSPS) is 19.0. The summed E-state index contributed by atoms with van der Waals surface area (Å²) < 4.78 is 0. The first-order chi connectivity index (χ1) is 12.2. The van der Waals surface area contributed by atoms with Crippen molar-refractivity contribution in [1.29, 1.82) is 0 Å². The lowest BCUT2D eigenvalue weighted by Crippen LogP contribution is -2.38. The quantitative estimate of drug-likeness (QED) is 0.716. The number of aliphatic hydroxyl groups is 1. The molecule has 1 unspecified atom stereocenters. The number of rotatable bonds is 3. The van der Waals surface area contributed by atoms with Gasteiger partial charge in [-0.25, -0.2) is 4.98 Å². The summed E-state index contributed by atoms with van der Waals surface area (Å²) in [6, 6.07) is 17.8. The Morgan fingerprint density at radius 3 is 2.64 bits per heavy atom. The van der Waals surface area contributed by atoms with Crippen LogP contribution in [0.4, 0.5) is 0 Å². The smallest absolute Gasteiger partial charge is 0.0950 e. The van der Waals surface area contributed by atoms with Crippen LogP contribution in [0.15, 0.2) is 54.6 Å². The molecule has 25 heavy (non-hydrogen) atoms. The summed E-state index contributed by atoms with van der Waals surface area (Å²) in [7, 11) is 0. The van der Waals surface area contributed by atoms with E-state index in [9.17, 15) is 5.11 Å². The maximum atomic E-state index is 11.0. The van der Waals surface area contributed by atoms with Crippen LogP contribution in [0.25, 0.3) is 22.2 Å². The van der Waals surface area contributed by atoms with Crippen LogP contribution in [-0.4, -0.2) is 22.7 Å². The largest absolute Gasteiger partial charge is 0.387 e. The summed E-state index contributed by atoms with van der Waals surface area (Å²) in [6.45, 7) is 0.967. The SMILES string of the molecule is O[C@H](c1cc(-c2ccc(Cl)cc2)nc2ccccc12)C1CCCCN1. The van der Waals surface area contributed by atoms with Crippen LogP contribution in [0.2, 0.25) is 5.02 Å². The van der Waals surface area contributed by atoms with Crippen LogP contribution >= 0.6 is 11.6 Å². The molecule has 2 N–H and O–H groups in total. The first kappa shape index (κ1) is 16.5. The molecule has 1 aromatic heterocycles. The maximum absolute atomic E-state index is 11.0. The zero-order valence-corrected chi connectivity index (χ0v) is 14.7. The minimum atomic E-state index is -0.542. The Balaban J connectivity index is 1.82. The van der Waals surface area contributed by atoms with Gasteiger partial charge in [0.05, 0.1) is 17.3 Å². The summed E-state index contributed by atoms with van der Waals surface area (Å²) in [5.74, 6) is 0. The molecule has 2 heterocycles. The molecule has 1 aliphatic heterocycles. The van der Waals surface area contributed by atoms with E-state index in [2.05, 4.69) is 5.32 Å². The van der Waals surface area contributed by atoms with Crippen molar-refractivity contribution in [2.24, 2.45) is 0 Å². The van der Waals surface area contributed by atoms with Gasteiger partial charge in [0.1, 0.15) is 0 Å². The summed E-state index contributed by atoms with van der Waals surface area (Å²) in [4.78, 5) is 4.79. The van der Waals surface area contributed by atoms with Gasteiger partial charge in [0.25, 0.3) is 0 Å². The van der Waals surface area contributed by atoms with Gasteiger partial charge < -0.3 is 10.4 Å². The van der Waals surface area contributed by atoms with Crippen molar-refractivity contribution in [3.8, 4) is 11.3 Å². The number of aliphatic hydroxyl groups excluding tert-OH is 1. The third-order valence-corrected chi connectivity index (χ3v) is 5.19. The first-order valence-electron chi connectivity index (χ1n) is 8.79. The molecule has 0 saturated carbocycles. The van der Waals surface area contributed by atoms with Gasteiger partial charge in [-0.3, -0.25) is 0 Å². The molecule has 1 fully saturated rings. The van der Waals surface area contributed by atoms with Gasteiger partial charge in [-0.1, -0.05) is 48.4 Å². The summed E-state index contributed by atoms with van der Waals surface area (Å²) in [5, 5.41) is 16.2. The van der Waals surface area contributed by atoms with Crippen LogP contribution in [0.1, 0.15) is 30.9 Å². The molecule has 3 nitrogen and oxygen atoms in total. The van der Waals surface area contributed by atoms with Crippen molar-refractivity contribution in [2.75, 3.05) is 6.54 Å². The summed E-state index contributed by atoms with van der Waals surface area (Å²) >= 11 is 6.01. The lowest BCUT2D eigenvalue weighted by molar-refractivity contribution is 0.115. The number of hydrogen-bond donors (Lipinski definition) is 2. The minimum absolute atomic E-state index is 0.0950. The molecule has 0 bridgehead atoms. The Kier molecular flexibility index (Phi) is 4.71. The molecule has 2 aromatic carbocycles. The zero-order valence-electron chi connectivity index (χ0n) is 14.0. The highest BCUT2D eigenvalue weighted by atomic mass is 35.5. The predicted octanol–water partition coefficient (Wildman–Crippen LogP) is 4.73. The van der Waals surface area contributed by atoms with Crippen LogP contribution in [0, 0.1) is 0 Å². The van der Waals surface area contributed by atoms with E-state index in [1.807, 2.05) is 54.6 Å². The molecule has 0 radical (unpaired) electrons. The van der Waals surface area contributed by atoms with Gasteiger partial charge >= 0.3 is 0 Å². The zero-order chi connectivity index (χ0) is 17.2. The van der Waals surface area contributed by atoms with E-state index in [0.717, 1.165) is 47.1 Å². The number of piperidine rings is 1. The van der Waals surface area contributed by atoms with Gasteiger partial charge in [-0.2, -0.15) is 0 Å². The van der Waals surface area contributed by atoms with Gasteiger partial charge in [-0.05, 0) is 49.2 Å². The second kappa shape index (κ2) is 7.12. The van der Waals surface area contributed by atoms with Gasteiger partial charge in [0.15, 0.2) is 0 Å². The fourth-order valence-electron chi connectivity index (χ4n) is 3.58. The van der Waals surface area contributed by atoms with E-state index in [-0.39, 0.29) is 6.04 Å². The third-order valence-electron chi connectivity index (χ3n) is 4.94. The number of halogens is 1. The Bertz CT molecular complexity index is 873. The van der Waals surface area contributed by atoms with Gasteiger partial charge in [-0.15, -0.1) is 0 Å². The maximum Gasteiger partial charge on any atom is 0.0950 e. The topological polar surface area (TPSA) is 45.2 Å². The van der Waals surface area contributed by atoms with Crippen LogP contribution in [-0.2, 0) is 0 Å². The second-order valence-electron chi connectivity index (χ2n) is 6.62. The molecule has 2 atom stereocenters. The highest BCUT2D eigenvalue weighted by Gasteiger charge is 2.25. The molecule has 0 aliphatic carbocycles. The van der Waals surface area contributed by atoms with Gasteiger partial charge in [0.2, 0.25) is 0 Å². The van der Waals surface area contributed by atoms with E-state index in [4.69, 9.17) is 16.6 Å². The third kappa shape index (κ3) is 3.40. The van der Waals surface area contributed by atoms with E-state index >= 15 is 0 Å². The minimum Gasteiger partial charge on any atom is -0.387 e. The molecule has 1 saturated heterocycles. The van der Waals surface area contributed by atoms with Crippen LogP contribution in [0.5, 0.6) is 0 Å². The van der Waals surface area contributed by atoms with Crippen molar-refractivity contribution in [3.63, 3.8) is 0 Å². The van der Waals surface area contributed by atoms with Crippen LogP contribution < -0.4 is 5.32 Å². The van der Waals surface area contributed by atoms with Gasteiger partial charge in [0, 0.05) is 22.0 Å². The van der Waals surface area contributed by atoms with Crippen molar-refractivity contribution in [3.05, 3.63) is 65.2 Å². The monoisotopic (exact) mass is 352 g/mol. The van der Waals surface area contributed by atoms with E-state index in [0.29, 0.717) is 5.02 Å². The van der Waals surface area contributed by atoms with Crippen molar-refractivity contribution >= 4 is 22.5 Å². The Hall–Kier alpha value is -1.94. The summed E-state index contributed by atoms with van der Waals surface area (Å²) in [6.07, 6.45) is 2.78. The molecule has 0 amide bonds. The molecular weight excluding hydrogens is 332 g/mol. The number of hydrogen-bond acceptors (Lipinski definition) is 3. The number of fused-ring (bicyclic) bond motifs is 1. The Morgan fingerprint density at radius 2 is 1.88 bits per heavy atom. The molecule has 4 heteroatoms. The highest BCUT2D eigenvalue weighted by molar-refractivity contribution is 6.30. The van der Waals surface area contributed by atoms with E-state index in [1.165, 1.54) is 6.42 Å². The first-order valence-corrected chi connectivity index (χ1v) is 9.17. The predicted molar refractivity (Wildman–Crippen MR) is 103 cm³/mol. The number of nitrogens with zero attached hydrogens (tertiary/aromatic N) is 1. The highest BCUT2D eigenvalue weighted by Crippen LogP contribution is 2.32. The van der Waals surface area contributed by atoms with Crippen molar-refractivity contribution < 1.29 is 5.11 Å². The number of nitrogens with one attached hydrogen (secondary N) is 1. The lowest BCUT2D eigenvalue weighted by atomic mass is 9.92. The lowest BCUT2D eigenvalue weighted by Gasteiger charge is -2.29. The molecular formula is C21H21ClN2O. The molecule has 0 spiro atoms. The number of benzene rings is 2. The average Bonchev–Trinajstić information content (AvgIpc) is 2.68. The van der Waals surface area contributed by atoms with E-state index in [1.54, 1.807) is 0 Å². The molecule has 128 valence electrons. The Morgan fingerprint density at radius 1 is 1.08 bits per heavy atom. The number of para-hydroxylation sites is 1. The number of aromatic nitrogens is 1. The van der Waals surface area contributed by atoms with Crippen molar-refractivity contribution in [1.82, 2.24) is 10.3 Å². The fraction of sp³-hybridized carbons (Fsp3) is 0.286. The molecule has 3 aromatic rings.